The van der Waals surface area contributed by atoms with Crippen LogP contribution in [0.5, 0.6) is 0 Å². The lowest BCUT2D eigenvalue weighted by Crippen LogP contribution is -2.55. The van der Waals surface area contributed by atoms with Crippen LogP contribution in [-0.2, 0) is 14.3 Å². The van der Waals surface area contributed by atoms with Crippen LogP contribution in [0.3, 0.4) is 0 Å². The Morgan fingerprint density at radius 2 is 2.07 bits per heavy atom. The molecule has 0 saturated carbocycles. The van der Waals surface area contributed by atoms with Gasteiger partial charge in [0.2, 0.25) is 0 Å². The largest absolute Gasteiger partial charge is 0.464 e. The lowest BCUT2D eigenvalue weighted by Gasteiger charge is -2.33. The van der Waals surface area contributed by atoms with Crippen LogP contribution >= 0.6 is 0 Å². The van der Waals surface area contributed by atoms with E-state index in [0.717, 1.165) is 0 Å². The Hall–Kier alpha value is -0.690. The van der Waals surface area contributed by atoms with Gasteiger partial charge in [0.25, 0.3) is 0 Å². The van der Waals surface area contributed by atoms with Gasteiger partial charge in [-0.05, 0) is 6.92 Å². The number of aliphatic hydroxyl groups is 3. The summed E-state index contributed by atoms with van der Waals surface area (Å²) in [6.45, 7) is 1.60. The van der Waals surface area contributed by atoms with E-state index < -0.39 is 30.4 Å². The van der Waals surface area contributed by atoms with Crippen LogP contribution in [0.25, 0.3) is 0 Å². The van der Waals surface area contributed by atoms with Crippen LogP contribution in [0.4, 0.5) is 0 Å². The molecule has 1 heterocycles. The molecule has 6 heteroatoms. The number of rotatable bonds is 2. The second-order valence-corrected chi connectivity index (χ2v) is 3.05. The maximum absolute atomic E-state index is 11.2. The maximum atomic E-state index is 11.2. The molecule has 0 aromatic carbocycles. The van der Waals surface area contributed by atoms with Gasteiger partial charge in [-0.1, -0.05) is 0 Å². The summed E-state index contributed by atoms with van der Waals surface area (Å²) in [5, 5.41) is 27.7. The molecule has 1 rings (SSSR count). The van der Waals surface area contributed by atoms with Crippen LogP contribution in [0.15, 0.2) is 0 Å². The fraction of sp³-hybridized carbons (Fsp3) is 0.875. The van der Waals surface area contributed by atoms with Crippen molar-refractivity contribution >= 4 is 5.97 Å². The van der Waals surface area contributed by atoms with Gasteiger partial charge >= 0.3 is 5.97 Å². The molecule has 4 unspecified atom stereocenters. The molecule has 1 fully saturated rings. The Morgan fingerprint density at radius 1 is 1.43 bits per heavy atom. The first-order chi connectivity index (χ1) is 6.57. The second kappa shape index (κ2) is 4.70. The predicted molar refractivity (Wildman–Crippen MR) is 44.4 cm³/mol. The van der Waals surface area contributed by atoms with Crippen LogP contribution in [-0.4, -0.2) is 58.9 Å². The minimum atomic E-state index is -1.45. The Balaban J connectivity index is 2.58. The molecule has 0 radical (unpaired) electrons. The molecular formula is C8H14O6. The van der Waals surface area contributed by atoms with Gasteiger partial charge in [-0.3, -0.25) is 0 Å². The fourth-order valence-electron chi connectivity index (χ4n) is 1.24. The zero-order valence-electron chi connectivity index (χ0n) is 7.79. The van der Waals surface area contributed by atoms with E-state index in [9.17, 15) is 15.0 Å². The van der Waals surface area contributed by atoms with E-state index in [2.05, 4.69) is 4.74 Å². The first kappa shape index (κ1) is 11.4. The minimum absolute atomic E-state index is 0.171. The van der Waals surface area contributed by atoms with E-state index in [1.165, 1.54) is 0 Å². The monoisotopic (exact) mass is 206 g/mol. The van der Waals surface area contributed by atoms with Crippen molar-refractivity contribution in [1.29, 1.82) is 0 Å². The summed E-state index contributed by atoms with van der Waals surface area (Å²) in [5.74, 6) is -0.731. The average Bonchev–Trinajstić information content (AvgIpc) is 2.15. The molecule has 1 saturated heterocycles. The minimum Gasteiger partial charge on any atom is -0.464 e. The van der Waals surface area contributed by atoms with Gasteiger partial charge in [-0.25, -0.2) is 4.79 Å². The third-order valence-corrected chi connectivity index (χ3v) is 2.02. The first-order valence-corrected chi connectivity index (χ1v) is 4.40. The molecule has 4 atom stereocenters. The predicted octanol–water partition coefficient (Wildman–Crippen LogP) is -1.97. The van der Waals surface area contributed by atoms with Gasteiger partial charge in [-0.2, -0.15) is 0 Å². The maximum Gasteiger partial charge on any atom is 0.338 e. The molecule has 6 nitrogen and oxygen atoms in total. The van der Waals surface area contributed by atoms with Crippen molar-refractivity contribution in [3.05, 3.63) is 0 Å². The molecular weight excluding hydrogens is 192 g/mol. The smallest absolute Gasteiger partial charge is 0.338 e. The van der Waals surface area contributed by atoms with Crippen LogP contribution in [0.1, 0.15) is 6.92 Å². The number of esters is 1. The van der Waals surface area contributed by atoms with E-state index in [4.69, 9.17) is 9.84 Å². The zero-order valence-corrected chi connectivity index (χ0v) is 7.79. The Labute approximate surface area is 81.1 Å². The number of carbonyl (C=O) groups is 1. The van der Waals surface area contributed by atoms with E-state index >= 15 is 0 Å². The molecule has 3 N–H and O–H groups in total. The van der Waals surface area contributed by atoms with Crippen molar-refractivity contribution in [1.82, 2.24) is 0 Å². The van der Waals surface area contributed by atoms with Crippen molar-refractivity contribution in [3.8, 4) is 0 Å². The van der Waals surface area contributed by atoms with Crippen molar-refractivity contribution in [3.63, 3.8) is 0 Å². The highest BCUT2D eigenvalue weighted by Gasteiger charge is 2.42. The third kappa shape index (κ3) is 2.21. The summed E-state index contributed by atoms with van der Waals surface area (Å²) in [5.41, 5.74) is 0. The first-order valence-electron chi connectivity index (χ1n) is 4.40. The summed E-state index contributed by atoms with van der Waals surface area (Å²) in [6.07, 6.45) is -5.21. The SMILES string of the molecule is CCOC(=O)C1OCC(O)C(O)C1O. The molecule has 0 aromatic rings. The Morgan fingerprint density at radius 3 is 2.64 bits per heavy atom. The van der Waals surface area contributed by atoms with E-state index in [1.54, 1.807) is 6.92 Å². The fourth-order valence-corrected chi connectivity index (χ4v) is 1.24. The number of hydrogen-bond donors (Lipinski definition) is 3. The molecule has 0 amide bonds. The molecule has 0 aliphatic carbocycles. The standard InChI is InChI=1S/C8H14O6/c1-2-13-8(12)7-6(11)5(10)4(9)3-14-7/h4-7,9-11H,2-3H2,1H3. The van der Waals surface area contributed by atoms with Gasteiger partial charge in [-0.15, -0.1) is 0 Å². The van der Waals surface area contributed by atoms with E-state index in [1.807, 2.05) is 0 Å². The van der Waals surface area contributed by atoms with Crippen molar-refractivity contribution in [2.45, 2.75) is 31.3 Å². The molecule has 0 spiro atoms. The summed E-state index contributed by atoms with van der Waals surface area (Å²) in [6, 6.07) is 0. The molecule has 0 aromatic heterocycles. The topological polar surface area (TPSA) is 96.2 Å². The summed E-state index contributed by atoms with van der Waals surface area (Å²) < 4.78 is 9.47. The van der Waals surface area contributed by atoms with Crippen molar-refractivity contribution < 1.29 is 29.6 Å². The number of carbonyl (C=O) groups excluding carboxylic acids is 1. The number of hydrogen-bond acceptors (Lipinski definition) is 6. The molecule has 1 aliphatic heterocycles. The van der Waals surface area contributed by atoms with Crippen molar-refractivity contribution in [2.75, 3.05) is 13.2 Å². The van der Waals surface area contributed by atoms with Crippen LogP contribution in [0, 0.1) is 0 Å². The lowest BCUT2D eigenvalue weighted by molar-refractivity contribution is -0.205. The van der Waals surface area contributed by atoms with Crippen molar-refractivity contribution in [2.24, 2.45) is 0 Å². The van der Waals surface area contributed by atoms with E-state index in [0.29, 0.717) is 0 Å². The van der Waals surface area contributed by atoms with E-state index in [-0.39, 0.29) is 13.2 Å². The molecule has 1 aliphatic rings. The Kier molecular flexibility index (Phi) is 3.82. The van der Waals surface area contributed by atoms with Gasteiger partial charge in [0, 0.05) is 0 Å². The number of aliphatic hydroxyl groups excluding tert-OH is 3. The van der Waals surface area contributed by atoms with Crippen LogP contribution < -0.4 is 0 Å². The lowest BCUT2D eigenvalue weighted by atomic mass is 10.0. The van der Waals surface area contributed by atoms with Gasteiger partial charge in [0.05, 0.1) is 13.2 Å². The molecule has 0 bridgehead atoms. The van der Waals surface area contributed by atoms with Gasteiger partial charge in [0.15, 0.2) is 6.10 Å². The van der Waals surface area contributed by atoms with Gasteiger partial charge < -0.3 is 24.8 Å². The normalized spacial score (nSPS) is 38.0. The molecule has 82 valence electrons. The van der Waals surface area contributed by atoms with Crippen LogP contribution in [0.2, 0.25) is 0 Å². The average molecular weight is 206 g/mol. The summed E-state index contributed by atoms with van der Waals surface area (Å²) in [4.78, 5) is 11.2. The highest BCUT2D eigenvalue weighted by atomic mass is 16.6. The summed E-state index contributed by atoms with van der Waals surface area (Å²) in [7, 11) is 0. The third-order valence-electron chi connectivity index (χ3n) is 2.02. The quantitative estimate of drug-likeness (QED) is 0.454. The second-order valence-electron chi connectivity index (χ2n) is 3.05. The highest BCUT2D eigenvalue weighted by molar-refractivity contribution is 5.75. The highest BCUT2D eigenvalue weighted by Crippen LogP contribution is 2.16. The Bertz CT molecular complexity index is 206. The summed E-state index contributed by atoms with van der Waals surface area (Å²) >= 11 is 0. The molecule has 14 heavy (non-hydrogen) atoms. The van der Waals surface area contributed by atoms with Gasteiger partial charge in [0.1, 0.15) is 18.3 Å². The zero-order chi connectivity index (χ0) is 10.7. The number of ether oxygens (including phenoxy) is 2.